The number of carbonyl (C=O) groups excluding carboxylic acids is 1. The molecule has 1 N–H and O–H groups in total. The predicted molar refractivity (Wildman–Crippen MR) is 87.7 cm³/mol. The van der Waals surface area contributed by atoms with Crippen LogP contribution in [0, 0.1) is 5.92 Å². The Balaban J connectivity index is 1.50. The van der Waals surface area contributed by atoms with E-state index in [0.29, 0.717) is 22.9 Å². The smallest absolute Gasteiger partial charge is 0.265 e. The number of carbonyl (C=O) groups is 1. The van der Waals surface area contributed by atoms with E-state index in [9.17, 15) is 4.79 Å². The summed E-state index contributed by atoms with van der Waals surface area (Å²) in [6.07, 6.45) is 3.87. The molecule has 4 atom stereocenters. The molecule has 2 saturated heterocycles. The minimum Gasteiger partial charge on any atom is -0.376 e. The minimum absolute atomic E-state index is 0.0109. The lowest BCUT2D eigenvalue weighted by Gasteiger charge is -2.51. The number of hydrogen-bond donors (Lipinski definition) is 1. The third kappa shape index (κ3) is 2.58. The van der Waals surface area contributed by atoms with E-state index in [-0.39, 0.29) is 17.9 Å². The molecule has 3 aliphatic rings. The van der Waals surface area contributed by atoms with Crippen LogP contribution in [0.1, 0.15) is 54.4 Å². The Bertz CT molecular complexity index is 580. The van der Waals surface area contributed by atoms with Gasteiger partial charge < -0.3 is 10.1 Å². The van der Waals surface area contributed by atoms with Crippen molar-refractivity contribution in [2.75, 3.05) is 19.7 Å². The van der Waals surface area contributed by atoms with E-state index in [1.54, 1.807) is 0 Å². The van der Waals surface area contributed by atoms with Crippen LogP contribution in [0.4, 0.5) is 0 Å². The number of rotatable bonds is 4. The zero-order valence-electron chi connectivity index (χ0n) is 13.7. The maximum Gasteiger partial charge on any atom is 0.265 e. The van der Waals surface area contributed by atoms with Gasteiger partial charge in [0.1, 0.15) is 4.88 Å². The highest BCUT2D eigenvalue weighted by atomic mass is 32.1. The summed E-state index contributed by atoms with van der Waals surface area (Å²) in [7, 11) is 0. The summed E-state index contributed by atoms with van der Waals surface area (Å²) in [5, 5.41) is 7.41. The summed E-state index contributed by atoms with van der Waals surface area (Å²) in [6, 6.07) is 0.549. The average molecular weight is 336 g/mol. The molecule has 0 spiro atoms. The van der Waals surface area contributed by atoms with Crippen molar-refractivity contribution >= 4 is 17.4 Å². The molecule has 3 fully saturated rings. The first-order valence-electron chi connectivity index (χ1n) is 8.65. The van der Waals surface area contributed by atoms with Gasteiger partial charge in [0.2, 0.25) is 0 Å². The first kappa shape index (κ1) is 15.5. The number of amides is 1. The lowest BCUT2D eigenvalue weighted by molar-refractivity contribution is -0.0747. The van der Waals surface area contributed by atoms with Gasteiger partial charge in [-0.1, -0.05) is 18.3 Å². The van der Waals surface area contributed by atoms with Gasteiger partial charge >= 0.3 is 0 Å². The first-order valence-corrected chi connectivity index (χ1v) is 9.43. The van der Waals surface area contributed by atoms with Crippen LogP contribution >= 0.6 is 11.5 Å². The molecule has 3 heterocycles. The van der Waals surface area contributed by atoms with Crippen molar-refractivity contribution in [1.29, 1.82) is 0 Å². The SMILES string of the molecule is CC(C)c1nnsc1C(=O)N[C@@H]1[C@@H]2CCO[C@@H]2[C@H]1N1CCCC1. The van der Waals surface area contributed by atoms with Crippen molar-refractivity contribution in [1.82, 2.24) is 19.8 Å². The van der Waals surface area contributed by atoms with Crippen molar-refractivity contribution in [3.63, 3.8) is 0 Å². The molecule has 1 amide bonds. The van der Waals surface area contributed by atoms with Gasteiger partial charge in [-0.05, 0) is 49.8 Å². The Morgan fingerprint density at radius 3 is 2.91 bits per heavy atom. The van der Waals surface area contributed by atoms with Gasteiger partial charge in [-0.2, -0.15) is 0 Å². The van der Waals surface area contributed by atoms with Gasteiger partial charge in [0.25, 0.3) is 5.91 Å². The number of fused-ring (bicyclic) bond motifs is 1. The molecule has 6 nitrogen and oxygen atoms in total. The van der Waals surface area contributed by atoms with Crippen LogP contribution in [0.2, 0.25) is 0 Å². The number of hydrogen-bond acceptors (Lipinski definition) is 6. The van der Waals surface area contributed by atoms with Crippen LogP contribution in [0.5, 0.6) is 0 Å². The fourth-order valence-electron chi connectivity index (χ4n) is 4.29. The van der Waals surface area contributed by atoms with Crippen LogP contribution in [-0.4, -0.2) is 58.3 Å². The molecule has 0 radical (unpaired) electrons. The quantitative estimate of drug-likeness (QED) is 0.905. The van der Waals surface area contributed by atoms with Gasteiger partial charge in [0.15, 0.2) is 0 Å². The van der Waals surface area contributed by atoms with Crippen molar-refractivity contribution in [3.8, 4) is 0 Å². The molecule has 1 saturated carbocycles. The van der Waals surface area contributed by atoms with Gasteiger partial charge in [-0.15, -0.1) is 5.10 Å². The summed E-state index contributed by atoms with van der Waals surface area (Å²) in [6.45, 7) is 7.17. The van der Waals surface area contributed by atoms with Crippen LogP contribution in [0.3, 0.4) is 0 Å². The van der Waals surface area contributed by atoms with Crippen LogP contribution in [0.15, 0.2) is 0 Å². The average Bonchev–Trinajstić information content (AvgIpc) is 3.25. The maximum absolute atomic E-state index is 12.7. The largest absolute Gasteiger partial charge is 0.376 e. The number of aromatic nitrogens is 2. The lowest BCUT2D eigenvalue weighted by Crippen LogP contribution is -2.70. The van der Waals surface area contributed by atoms with E-state index in [1.165, 1.54) is 24.4 Å². The Morgan fingerprint density at radius 2 is 2.17 bits per heavy atom. The summed E-state index contributed by atoms with van der Waals surface area (Å²) in [5.74, 6) is 0.670. The molecule has 0 unspecified atom stereocenters. The van der Waals surface area contributed by atoms with Crippen LogP contribution in [0.25, 0.3) is 0 Å². The molecule has 2 aliphatic heterocycles. The van der Waals surface area contributed by atoms with E-state index in [2.05, 4.69) is 19.8 Å². The molecule has 7 heteroatoms. The van der Waals surface area contributed by atoms with Gasteiger partial charge in [-0.25, -0.2) is 0 Å². The molecule has 0 bridgehead atoms. The predicted octanol–water partition coefficient (Wildman–Crippen LogP) is 1.64. The first-order chi connectivity index (χ1) is 11.2. The van der Waals surface area contributed by atoms with E-state index < -0.39 is 0 Å². The minimum atomic E-state index is -0.0109. The second-order valence-corrected chi connectivity index (χ2v) is 7.92. The number of likely N-dealkylation sites (tertiary alicyclic amines) is 1. The van der Waals surface area contributed by atoms with Crippen LogP contribution in [-0.2, 0) is 4.74 Å². The molecule has 126 valence electrons. The highest BCUT2D eigenvalue weighted by Gasteiger charge is 2.57. The van der Waals surface area contributed by atoms with E-state index in [4.69, 9.17) is 4.74 Å². The van der Waals surface area contributed by atoms with E-state index in [1.807, 2.05) is 13.8 Å². The third-order valence-corrected chi connectivity index (χ3v) is 6.22. The van der Waals surface area contributed by atoms with Gasteiger partial charge in [0, 0.05) is 12.5 Å². The lowest BCUT2D eigenvalue weighted by atomic mass is 9.70. The summed E-state index contributed by atoms with van der Waals surface area (Å²) >= 11 is 1.20. The number of nitrogens with zero attached hydrogens (tertiary/aromatic N) is 3. The molecular formula is C16H24N4O2S. The Morgan fingerprint density at radius 1 is 1.39 bits per heavy atom. The van der Waals surface area contributed by atoms with Crippen molar-refractivity contribution < 1.29 is 9.53 Å². The zero-order chi connectivity index (χ0) is 16.0. The number of nitrogens with one attached hydrogen (secondary N) is 1. The monoisotopic (exact) mass is 336 g/mol. The Kier molecular flexibility index (Phi) is 4.11. The summed E-state index contributed by atoms with van der Waals surface area (Å²) < 4.78 is 9.90. The fraction of sp³-hybridized carbons (Fsp3) is 0.812. The summed E-state index contributed by atoms with van der Waals surface area (Å²) in [4.78, 5) is 15.9. The highest BCUT2D eigenvalue weighted by molar-refractivity contribution is 7.08. The highest BCUT2D eigenvalue weighted by Crippen LogP contribution is 2.43. The molecule has 1 aliphatic carbocycles. The van der Waals surface area contributed by atoms with E-state index >= 15 is 0 Å². The summed E-state index contributed by atoms with van der Waals surface area (Å²) in [5.41, 5.74) is 0.809. The van der Waals surface area contributed by atoms with Crippen LogP contribution < -0.4 is 5.32 Å². The molecule has 0 aromatic carbocycles. The zero-order valence-corrected chi connectivity index (χ0v) is 14.5. The fourth-order valence-corrected chi connectivity index (χ4v) is 5.02. The number of ether oxygens (including phenoxy) is 1. The topological polar surface area (TPSA) is 67.3 Å². The van der Waals surface area contributed by atoms with E-state index in [0.717, 1.165) is 31.8 Å². The Hall–Kier alpha value is -1.05. The molecular weight excluding hydrogens is 312 g/mol. The molecule has 1 aromatic heterocycles. The van der Waals surface area contributed by atoms with Crippen molar-refractivity contribution in [3.05, 3.63) is 10.6 Å². The third-order valence-electron chi connectivity index (χ3n) is 5.48. The molecule has 23 heavy (non-hydrogen) atoms. The normalized spacial score (nSPS) is 33.7. The van der Waals surface area contributed by atoms with Gasteiger partial charge in [-0.3, -0.25) is 9.69 Å². The van der Waals surface area contributed by atoms with Gasteiger partial charge in [0.05, 0.1) is 23.9 Å². The Labute approximate surface area is 140 Å². The maximum atomic E-state index is 12.7. The standard InChI is InChI=1S/C16H24N4O2S/c1-9(2)11-15(23-19-18-11)16(21)17-12-10-5-8-22-14(10)13(12)20-6-3-4-7-20/h9-10,12-14H,3-8H2,1-2H3,(H,17,21)/t10-,12+,13-,14-/m0/s1. The van der Waals surface area contributed by atoms with Crippen molar-refractivity contribution in [2.45, 2.75) is 57.2 Å². The second-order valence-electron chi connectivity index (χ2n) is 7.16. The second kappa shape index (κ2) is 6.11. The molecule has 4 rings (SSSR count). The molecule has 1 aromatic rings. The van der Waals surface area contributed by atoms with Crippen molar-refractivity contribution in [2.24, 2.45) is 5.92 Å².